The first kappa shape index (κ1) is 20.8. The monoisotopic (exact) mass is 457 g/mol. The summed E-state index contributed by atoms with van der Waals surface area (Å²) in [6, 6.07) is 24.0. The van der Waals surface area contributed by atoms with Crippen LogP contribution in [-0.2, 0) is 4.79 Å². The van der Waals surface area contributed by atoms with E-state index in [9.17, 15) is 4.79 Å². The second-order valence-corrected chi connectivity index (χ2v) is 8.24. The van der Waals surface area contributed by atoms with Crippen LogP contribution in [0, 0.1) is 0 Å². The molecule has 0 aliphatic carbocycles. The van der Waals surface area contributed by atoms with Gasteiger partial charge in [0, 0.05) is 11.1 Å². The molecule has 5 aromatic rings. The first-order valence-corrected chi connectivity index (χ1v) is 11.1. The maximum Gasteiger partial charge on any atom is 0.313 e. The lowest BCUT2D eigenvalue weighted by Crippen LogP contribution is -1.97. The zero-order valence-electron chi connectivity index (χ0n) is 17.6. The Morgan fingerprint density at radius 1 is 1.03 bits per heavy atom. The van der Waals surface area contributed by atoms with Gasteiger partial charge in [-0.25, -0.2) is 0 Å². The standard InChI is InChI=1S/C25H19N3O4S/c1-31-19-10-9-16-11-18(8-7-17(16)12-19)23-20(15-5-3-2-4-6-15)13-21(32-23)24-26-25(28-27-24)33-14-22(29)30/h2-13H,14H2,1H3,(H,29,30)(H,26,27,28). The Morgan fingerprint density at radius 2 is 1.82 bits per heavy atom. The quantitative estimate of drug-likeness (QED) is 0.301. The van der Waals surface area contributed by atoms with Crippen LogP contribution < -0.4 is 4.74 Å². The van der Waals surface area contributed by atoms with Crippen LogP contribution in [0.1, 0.15) is 0 Å². The molecule has 0 saturated carbocycles. The number of furan rings is 1. The van der Waals surface area contributed by atoms with Crippen molar-refractivity contribution < 1.29 is 19.1 Å². The van der Waals surface area contributed by atoms with E-state index in [0.29, 0.717) is 22.5 Å². The third kappa shape index (κ3) is 4.33. The Kier molecular flexibility index (Phi) is 5.58. The lowest BCUT2D eigenvalue weighted by Gasteiger charge is -2.06. The maximum atomic E-state index is 10.8. The predicted molar refractivity (Wildman–Crippen MR) is 127 cm³/mol. The molecule has 164 valence electrons. The fourth-order valence-corrected chi connectivity index (χ4v) is 4.11. The van der Waals surface area contributed by atoms with Crippen LogP contribution in [0.4, 0.5) is 0 Å². The van der Waals surface area contributed by atoms with E-state index in [-0.39, 0.29) is 5.75 Å². The summed E-state index contributed by atoms with van der Waals surface area (Å²) in [4.78, 5) is 15.2. The van der Waals surface area contributed by atoms with Gasteiger partial charge in [-0.15, -0.1) is 5.10 Å². The number of H-pyrrole nitrogens is 1. The lowest BCUT2D eigenvalue weighted by atomic mass is 9.99. The average molecular weight is 458 g/mol. The molecule has 0 unspecified atom stereocenters. The Morgan fingerprint density at radius 3 is 2.61 bits per heavy atom. The summed E-state index contributed by atoms with van der Waals surface area (Å²) in [5.41, 5.74) is 2.87. The largest absolute Gasteiger partial charge is 0.497 e. The SMILES string of the molecule is COc1ccc2cc(-c3oc(-c4nc(SCC(=O)O)n[nH]4)cc3-c3ccccc3)ccc2c1. The number of hydrogen-bond donors (Lipinski definition) is 2. The summed E-state index contributed by atoms with van der Waals surface area (Å²) < 4.78 is 11.6. The number of aliphatic carboxylic acids is 1. The van der Waals surface area contributed by atoms with Crippen LogP contribution in [0.25, 0.3) is 44.8 Å². The topological polar surface area (TPSA) is 101 Å². The Labute approximate surface area is 193 Å². The van der Waals surface area contributed by atoms with E-state index in [2.05, 4.69) is 21.2 Å². The van der Waals surface area contributed by atoms with Gasteiger partial charge in [-0.2, -0.15) is 4.98 Å². The number of carbonyl (C=O) groups is 1. The van der Waals surface area contributed by atoms with E-state index in [1.807, 2.05) is 66.7 Å². The number of benzene rings is 3. The number of carboxylic acid groups (broad SMARTS) is 1. The number of nitrogens with one attached hydrogen (secondary N) is 1. The van der Waals surface area contributed by atoms with Crippen molar-refractivity contribution in [2.75, 3.05) is 12.9 Å². The second-order valence-electron chi connectivity index (χ2n) is 7.30. The van der Waals surface area contributed by atoms with Crippen molar-refractivity contribution in [1.29, 1.82) is 0 Å². The minimum absolute atomic E-state index is 0.113. The molecule has 0 amide bonds. The molecule has 0 bridgehead atoms. The molecule has 2 N–H and O–H groups in total. The predicted octanol–water partition coefficient (Wildman–Crippen LogP) is 5.74. The molecule has 0 aliphatic rings. The Bertz CT molecular complexity index is 1440. The molecule has 0 atom stereocenters. The number of aromatic nitrogens is 3. The number of nitrogens with zero attached hydrogens (tertiary/aromatic N) is 2. The van der Waals surface area contributed by atoms with E-state index in [1.54, 1.807) is 7.11 Å². The van der Waals surface area contributed by atoms with Crippen LogP contribution in [0.15, 0.2) is 82.4 Å². The van der Waals surface area contributed by atoms with E-state index in [1.165, 1.54) is 0 Å². The van der Waals surface area contributed by atoms with Gasteiger partial charge in [0.05, 0.1) is 12.9 Å². The van der Waals surface area contributed by atoms with Crippen molar-refractivity contribution >= 4 is 28.5 Å². The first-order chi connectivity index (χ1) is 16.1. The summed E-state index contributed by atoms with van der Waals surface area (Å²) in [6.07, 6.45) is 0. The third-order valence-electron chi connectivity index (χ3n) is 5.15. The van der Waals surface area contributed by atoms with Gasteiger partial charge in [0.1, 0.15) is 11.5 Å². The zero-order chi connectivity index (χ0) is 22.8. The minimum Gasteiger partial charge on any atom is -0.497 e. The molecule has 5 rings (SSSR count). The molecule has 8 heteroatoms. The summed E-state index contributed by atoms with van der Waals surface area (Å²) >= 11 is 1.05. The average Bonchev–Trinajstić information content (AvgIpc) is 3.50. The molecule has 3 aromatic carbocycles. The number of carboxylic acids is 1. The van der Waals surface area contributed by atoms with Crippen LogP contribution in [0.2, 0.25) is 0 Å². The normalized spacial score (nSPS) is 11.1. The summed E-state index contributed by atoms with van der Waals surface area (Å²) in [5, 5.41) is 18.3. The van der Waals surface area contributed by atoms with Gasteiger partial charge in [0.2, 0.25) is 5.16 Å². The van der Waals surface area contributed by atoms with Crippen molar-refractivity contribution in [2.45, 2.75) is 5.16 Å². The molecule has 0 aliphatic heterocycles. The van der Waals surface area contributed by atoms with Gasteiger partial charge >= 0.3 is 5.97 Å². The highest BCUT2D eigenvalue weighted by molar-refractivity contribution is 7.99. The van der Waals surface area contributed by atoms with Crippen LogP contribution in [0.3, 0.4) is 0 Å². The third-order valence-corrected chi connectivity index (χ3v) is 5.98. The number of aromatic amines is 1. The molecular weight excluding hydrogens is 438 g/mol. The number of rotatable bonds is 7. The minimum atomic E-state index is -0.924. The summed E-state index contributed by atoms with van der Waals surface area (Å²) in [6.45, 7) is 0. The van der Waals surface area contributed by atoms with Gasteiger partial charge < -0.3 is 14.3 Å². The van der Waals surface area contributed by atoms with Crippen LogP contribution in [0.5, 0.6) is 5.75 Å². The zero-order valence-corrected chi connectivity index (χ0v) is 18.4. The Balaban J connectivity index is 1.58. The van der Waals surface area contributed by atoms with Crippen molar-refractivity contribution in [3.05, 3.63) is 72.8 Å². The van der Waals surface area contributed by atoms with Gasteiger partial charge in [-0.3, -0.25) is 9.89 Å². The molecule has 0 spiro atoms. The molecule has 0 fully saturated rings. The van der Waals surface area contributed by atoms with Crippen molar-refractivity contribution in [1.82, 2.24) is 15.2 Å². The summed E-state index contributed by atoms with van der Waals surface area (Å²) in [7, 11) is 1.65. The van der Waals surface area contributed by atoms with Crippen molar-refractivity contribution in [2.24, 2.45) is 0 Å². The number of methoxy groups -OCH3 is 1. The molecule has 2 heterocycles. The molecular formula is C25H19N3O4S. The van der Waals surface area contributed by atoms with Gasteiger partial charge in [-0.1, -0.05) is 60.3 Å². The van der Waals surface area contributed by atoms with Gasteiger partial charge in [0.25, 0.3) is 0 Å². The highest BCUT2D eigenvalue weighted by Crippen LogP contribution is 2.39. The first-order valence-electron chi connectivity index (χ1n) is 10.2. The van der Waals surface area contributed by atoms with Crippen LogP contribution in [-0.4, -0.2) is 39.1 Å². The molecule has 0 radical (unpaired) electrons. The molecule has 7 nitrogen and oxygen atoms in total. The van der Waals surface area contributed by atoms with E-state index < -0.39 is 5.97 Å². The van der Waals surface area contributed by atoms with Crippen molar-refractivity contribution in [3.63, 3.8) is 0 Å². The van der Waals surface area contributed by atoms with E-state index in [4.69, 9.17) is 14.3 Å². The molecule has 0 saturated heterocycles. The highest BCUT2D eigenvalue weighted by atomic mass is 32.2. The number of thioether (sulfide) groups is 1. The van der Waals surface area contributed by atoms with Gasteiger partial charge in [0.15, 0.2) is 11.6 Å². The second kappa shape index (κ2) is 8.84. The smallest absolute Gasteiger partial charge is 0.313 e. The fraction of sp³-hybridized carbons (Fsp3) is 0.0800. The molecule has 2 aromatic heterocycles. The van der Waals surface area contributed by atoms with Crippen LogP contribution >= 0.6 is 11.8 Å². The number of hydrogen-bond acceptors (Lipinski definition) is 6. The van der Waals surface area contributed by atoms with Gasteiger partial charge in [-0.05, 0) is 40.6 Å². The Hall–Kier alpha value is -4.04. The highest BCUT2D eigenvalue weighted by Gasteiger charge is 2.19. The fourth-order valence-electron chi connectivity index (χ4n) is 3.59. The van der Waals surface area contributed by atoms with E-state index >= 15 is 0 Å². The molecule has 33 heavy (non-hydrogen) atoms. The number of ether oxygens (including phenoxy) is 1. The summed E-state index contributed by atoms with van der Waals surface area (Å²) in [5.74, 6) is 1.45. The maximum absolute atomic E-state index is 10.8. The number of fused-ring (bicyclic) bond motifs is 1. The van der Waals surface area contributed by atoms with E-state index in [0.717, 1.165) is 45.0 Å². The lowest BCUT2D eigenvalue weighted by molar-refractivity contribution is -0.133. The van der Waals surface area contributed by atoms with Crippen molar-refractivity contribution in [3.8, 4) is 39.8 Å².